The Labute approximate surface area is 116 Å². The van der Waals surface area contributed by atoms with Crippen LogP contribution < -0.4 is 15.8 Å². The lowest BCUT2D eigenvalue weighted by molar-refractivity contribution is 0.414. The quantitative estimate of drug-likeness (QED) is 0.637. The number of anilines is 3. The van der Waals surface area contributed by atoms with E-state index in [1.54, 1.807) is 7.11 Å². The van der Waals surface area contributed by atoms with Gasteiger partial charge in [0.05, 0.1) is 18.1 Å². The SMILES string of the molecule is COc1ccc(Nc2nc3ccc(N)cc3[nH]2)c(C)c1. The second-order valence-electron chi connectivity index (χ2n) is 4.67. The summed E-state index contributed by atoms with van der Waals surface area (Å²) in [5.74, 6) is 1.53. The number of nitrogens with two attached hydrogens (primary N) is 1. The summed E-state index contributed by atoms with van der Waals surface area (Å²) in [5.41, 5.74) is 10.3. The molecular formula is C15H16N4O. The summed E-state index contributed by atoms with van der Waals surface area (Å²) in [4.78, 5) is 7.69. The number of nitrogen functional groups attached to an aromatic ring is 1. The van der Waals surface area contributed by atoms with Crippen LogP contribution in [0.5, 0.6) is 5.75 Å². The predicted octanol–water partition coefficient (Wildman–Crippen LogP) is 3.21. The fourth-order valence-electron chi connectivity index (χ4n) is 2.12. The Bertz CT molecular complexity index is 764. The first-order valence-electron chi connectivity index (χ1n) is 6.32. The second kappa shape index (κ2) is 4.77. The van der Waals surface area contributed by atoms with Crippen LogP contribution in [0, 0.1) is 6.92 Å². The number of rotatable bonds is 3. The van der Waals surface area contributed by atoms with E-state index in [9.17, 15) is 0 Å². The molecule has 0 aliphatic heterocycles. The number of aromatic nitrogens is 2. The monoisotopic (exact) mass is 268 g/mol. The van der Waals surface area contributed by atoms with Gasteiger partial charge in [0.1, 0.15) is 5.75 Å². The Morgan fingerprint density at radius 2 is 2.05 bits per heavy atom. The van der Waals surface area contributed by atoms with Crippen molar-refractivity contribution in [1.29, 1.82) is 0 Å². The molecule has 4 N–H and O–H groups in total. The molecule has 20 heavy (non-hydrogen) atoms. The van der Waals surface area contributed by atoms with Gasteiger partial charge < -0.3 is 20.8 Å². The molecule has 0 bridgehead atoms. The number of benzene rings is 2. The fourth-order valence-corrected chi connectivity index (χ4v) is 2.12. The summed E-state index contributed by atoms with van der Waals surface area (Å²) >= 11 is 0. The number of fused-ring (bicyclic) bond motifs is 1. The topological polar surface area (TPSA) is 76.0 Å². The number of imidazole rings is 1. The third kappa shape index (κ3) is 2.25. The molecule has 0 saturated heterocycles. The standard InChI is InChI=1S/C15H16N4O/c1-9-7-11(20-2)4-6-12(9)17-15-18-13-5-3-10(16)8-14(13)19-15/h3-8H,16H2,1-2H3,(H2,17,18,19). The fraction of sp³-hybridized carbons (Fsp3) is 0.133. The first kappa shape index (κ1) is 12.3. The molecule has 0 radical (unpaired) electrons. The van der Waals surface area contributed by atoms with Crippen LogP contribution in [0.15, 0.2) is 36.4 Å². The van der Waals surface area contributed by atoms with Crippen molar-refractivity contribution < 1.29 is 4.74 Å². The maximum atomic E-state index is 5.76. The molecule has 0 spiro atoms. The molecule has 3 rings (SSSR count). The van der Waals surface area contributed by atoms with E-state index in [2.05, 4.69) is 15.3 Å². The zero-order valence-electron chi connectivity index (χ0n) is 11.4. The van der Waals surface area contributed by atoms with Crippen molar-refractivity contribution in [2.45, 2.75) is 6.92 Å². The third-order valence-electron chi connectivity index (χ3n) is 3.19. The summed E-state index contributed by atoms with van der Waals surface area (Å²) in [6.45, 7) is 2.02. The number of H-pyrrole nitrogens is 1. The Balaban J connectivity index is 1.92. The lowest BCUT2D eigenvalue weighted by Crippen LogP contribution is -1.95. The highest BCUT2D eigenvalue weighted by molar-refractivity contribution is 5.81. The summed E-state index contributed by atoms with van der Waals surface area (Å²) in [6, 6.07) is 11.5. The molecule has 5 nitrogen and oxygen atoms in total. The van der Waals surface area contributed by atoms with E-state index in [1.807, 2.05) is 43.3 Å². The summed E-state index contributed by atoms with van der Waals surface area (Å²) in [7, 11) is 1.66. The van der Waals surface area contributed by atoms with Gasteiger partial charge in [0.25, 0.3) is 0 Å². The molecule has 0 atom stereocenters. The average Bonchev–Trinajstić information content (AvgIpc) is 2.82. The van der Waals surface area contributed by atoms with Crippen LogP contribution in [0.4, 0.5) is 17.3 Å². The van der Waals surface area contributed by atoms with Crippen LogP contribution in [0.2, 0.25) is 0 Å². The molecule has 0 aliphatic rings. The van der Waals surface area contributed by atoms with Gasteiger partial charge in [-0.05, 0) is 48.9 Å². The lowest BCUT2D eigenvalue weighted by atomic mass is 10.2. The highest BCUT2D eigenvalue weighted by atomic mass is 16.5. The summed E-state index contributed by atoms with van der Waals surface area (Å²) in [6.07, 6.45) is 0. The summed E-state index contributed by atoms with van der Waals surface area (Å²) < 4.78 is 5.20. The van der Waals surface area contributed by atoms with Crippen molar-refractivity contribution >= 4 is 28.4 Å². The van der Waals surface area contributed by atoms with Crippen LogP contribution in [0.1, 0.15) is 5.56 Å². The number of nitrogens with zero attached hydrogens (tertiary/aromatic N) is 1. The number of hydrogen-bond acceptors (Lipinski definition) is 4. The Morgan fingerprint density at radius 1 is 1.20 bits per heavy atom. The van der Waals surface area contributed by atoms with E-state index in [0.717, 1.165) is 28.0 Å². The Morgan fingerprint density at radius 3 is 2.80 bits per heavy atom. The minimum absolute atomic E-state index is 0.693. The smallest absolute Gasteiger partial charge is 0.205 e. The molecule has 3 aromatic rings. The van der Waals surface area contributed by atoms with Gasteiger partial charge >= 0.3 is 0 Å². The zero-order chi connectivity index (χ0) is 14.1. The molecule has 5 heteroatoms. The molecule has 1 heterocycles. The molecule has 0 unspecified atom stereocenters. The van der Waals surface area contributed by atoms with Gasteiger partial charge in [0.15, 0.2) is 0 Å². The number of aromatic amines is 1. The van der Waals surface area contributed by atoms with Gasteiger partial charge in [-0.2, -0.15) is 0 Å². The molecule has 0 fully saturated rings. The van der Waals surface area contributed by atoms with Crippen molar-refractivity contribution in [3.8, 4) is 5.75 Å². The highest BCUT2D eigenvalue weighted by Gasteiger charge is 2.05. The molecule has 1 aromatic heterocycles. The van der Waals surface area contributed by atoms with Gasteiger partial charge in [0, 0.05) is 11.4 Å². The van der Waals surface area contributed by atoms with E-state index < -0.39 is 0 Å². The lowest BCUT2D eigenvalue weighted by Gasteiger charge is -2.08. The van der Waals surface area contributed by atoms with E-state index in [4.69, 9.17) is 10.5 Å². The molecule has 0 aliphatic carbocycles. The van der Waals surface area contributed by atoms with Crippen LogP contribution in [-0.4, -0.2) is 17.1 Å². The predicted molar refractivity (Wildman–Crippen MR) is 81.5 cm³/mol. The van der Waals surface area contributed by atoms with Crippen molar-refractivity contribution in [1.82, 2.24) is 9.97 Å². The van der Waals surface area contributed by atoms with Crippen LogP contribution in [0.3, 0.4) is 0 Å². The van der Waals surface area contributed by atoms with Gasteiger partial charge in [0.2, 0.25) is 5.95 Å². The number of hydrogen-bond donors (Lipinski definition) is 3. The first-order chi connectivity index (χ1) is 9.65. The normalized spacial score (nSPS) is 10.7. The minimum Gasteiger partial charge on any atom is -0.497 e. The Kier molecular flexibility index (Phi) is 2.95. The highest BCUT2D eigenvalue weighted by Crippen LogP contribution is 2.25. The van der Waals surface area contributed by atoms with E-state index in [0.29, 0.717) is 11.6 Å². The number of aryl methyl sites for hydroxylation is 1. The van der Waals surface area contributed by atoms with Gasteiger partial charge in [-0.15, -0.1) is 0 Å². The Hall–Kier alpha value is -2.69. The van der Waals surface area contributed by atoms with Gasteiger partial charge in [-0.3, -0.25) is 0 Å². The molecule has 102 valence electrons. The molecular weight excluding hydrogens is 252 g/mol. The zero-order valence-corrected chi connectivity index (χ0v) is 11.4. The van der Waals surface area contributed by atoms with Crippen LogP contribution in [0.25, 0.3) is 11.0 Å². The second-order valence-corrected chi connectivity index (χ2v) is 4.67. The maximum Gasteiger partial charge on any atom is 0.205 e. The maximum absolute atomic E-state index is 5.76. The van der Waals surface area contributed by atoms with Crippen LogP contribution >= 0.6 is 0 Å². The number of nitrogens with one attached hydrogen (secondary N) is 2. The van der Waals surface area contributed by atoms with Crippen molar-refractivity contribution in [3.05, 3.63) is 42.0 Å². The van der Waals surface area contributed by atoms with E-state index in [-0.39, 0.29) is 0 Å². The van der Waals surface area contributed by atoms with Gasteiger partial charge in [-0.25, -0.2) is 4.98 Å². The summed E-state index contributed by atoms with van der Waals surface area (Å²) in [5, 5.41) is 3.27. The van der Waals surface area contributed by atoms with Crippen molar-refractivity contribution in [2.75, 3.05) is 18.2 Å². The molecule has 0 saturated carbocycles. The number of methoxy groups -OCH3 is 1. The van der Waals surface area contributed by atoms with Crippen LogP contribution in [-0.2, 0) is 0 Å². The third-order valence-corrected chi connectivity index (χ3v) is 3.19. The van der Waals surface area contributed by atoms with Crippen molar-refractivity contribution in [2.24, 2.45) is 0 Å². The van der Waals surface area contributed by atoms with E-state index in [1.165, 1.54) is 0 Å². The number of ether oxygens (including phenoxy) is 1. The largest absolute Gasteiger partial charge is 0.497 e. The van der Waals surface area contributed by atoms with E-state index >= 15 is 0 Å². The molecule has 0 amide bonds. The molecule has 2 aromatic carbocycles. The van der Waals surface area contributed by atoms with Crippen molar-refractivity contribution in [3.63, 3.8) is 0 Å². The van der Waals surface area contributed by atoms with Gasteiger partial charge in [-0.1, -0.05) is 0 Å². The average molecular weight is 268 g/mol. The first-order valence-corrected chi connectivity index (χ1v) is 6.32. The minimum atomic E-state index is 0.693.